The molecule has 0 aromatic carbocycles. The summed E-state index contributed by atoms with van der Waals surface area (Å²) >= 11 is 1.59. The maximum atomic E-state index is 10.4. The summed E-state index contributed by atoms with van der Waals surface area (Å²) in [6, 6.07) is 0. The Bertz CT molecular complexity index is 292. The minimum atomic E-state index is 0.575. The molecule has 4 heteroatoms. The molecule has 0 spiro atoms. The first-order chi connectivity index (χ1) is 6.38. The zero-order valence-electron chi connectivity index (χ0n) is 7.32. The van der Waals surface area contributed by atoms with E-state index >= 15 is 0 Å². The number of carbonyl (C=O) groups is 1. The first-order valence-corrected chi connectivity index (χ1v) is 5.37. The van der Waals surface area contributed by atoms with Crippen molar-refractivity contribution in [2.24, 2.45) is 5.92 Å². The Hall–Kier alpha value is -0.740. The molecule has 0 aliphatic carbocycles. The van der Waals surface area contributed by atoms with Gasteiger partial charge in [-0.2, -0.15) is 0 Å². The lowest BCUT2D eigenvalue weighted by molar-refractivity contribution is 0.111. The van der Waals surface area contributed by atoms with E-state index in [1.54, 1.807) is 11.3 Å². The van der Waals surface area contributed by atoms with E-state index in [0.29, 0.717) is 11.6 Å². The van der Waals surface area contributed by atoms with Crippen LogP contribution in [-0.4, -0.2) is 24.4 Å². The van der Waals surface area contributed by atoms with Crippen LogP contribution in [-0.2, 0) is 6.42 Å². The van der Waals surface area contributed by atoms with Crippen molar-refractivity contribution in [1.29, 1.82) is 0 Å². The Morgan fingerprint density at radius 2 is 2.69 bits per heavy atom. The van der Waals surface area contributed by atoms with E-state index in [2.05, 4.69) is 10.3 Å². The quantitative estimate of drug-likeness (QED) is 0.736. The molecule has 70 valence electrons. The molecule has 2 heterocycles. The first kappa shape index (κ1) is 8.84. The van der Waals surface area contributed by atoms with Crippen LogP contribution in [0, 0.1) is 5.92 Å². The van der Waals surface area contributed by atoms with Crippen molar-refractivity contribution in [2.45, 2.75) is 12.8 Å². The number of nitrogens with one attached hydrogen (secondary N) is 1. The highest BCUT2D eigenvalue weighted by atomic mass is 32.1. The number of rotatable bonds is 3. The number of nitrogens with zero attached hydrogens (tertiary/aromatic N) is 1. The average Bonchev–Trinajstić information content (AvgIpc) is 2.76. The molecular formula is C9H12N2OS. The Morgan fingerprint density at radius 3 is 3.31 bits per heavy atom. The molecule has 0 saturated carbocycles. The normalized spacial score (nSPS) is 22.0. The summed E-state index contributed by atoms with van der Waals surface area (Å²) in [5, 5.41) is 6.24. The second-order valence-corrected chi connectivity index (χ2v) is 4.29. The van der Waals surface area contributed by atoms with Crippen LogP contribution >= 0.6 is 11.3 Å². The Balaban J connectivity index is 1.96. The maximum Gasteiger partial charge on any atom is 0.169 e. The second-order valence-electron chi connectivity index (χ2n) is 3.35. The molecule has 1 saturated heterocycles. The summed E-state index contributed by atoms with van der Waals surface area (Å²) in [6.07, 6.45) is 3.06. The van der Waals surface area contributed by atoms with E-state index in [-0.39, 0.29) is 0 Å². The lowest BCUT2D eigenvalue weighted by atomic mass is 10.1. The van der Waals surface area contributed by atoms with Crippen LogP contribution in [0.5, 0.6) is 0 Å². The van der Waals surface area contributed by atoms with Gasteiger partial charge in [0.25, 0.3) is 0 Å². The van der Waals surface area contributed by atoms with Crippen LogP contribution in [0.4, 0.5) is 0 Å². The molecule has 3 nitrogen and oxygen atoms in total. The monoisotopic (exact) mass is 196 g/mol. The molecule has 0 radical (unpaired) electrons. The Labute approximate surface area is 81.2 Å². The largest absolute Gasteiger partial charge is 0.316 e. The average molecular weight is 196 g/mol. The van der Waals surface area contributed by atoms with Gasteiger partial charge >= 0.3 is 0 Å². The van der Waals surface area contributed by atoms with E-state index < -0.39 is 0 Å². The van der Waals surface area contributed by atoms with Gasteiger partial charge in [-0.05, 0) is 25.4 Å². The van der Waals surface area contributed by atoms with Gasteiger partial charge < -0.3 is 5.32 Å². The number of aromatic nitrogens is 1. The van der Waals surface area contributed by atoms with Gasteiger partial charge in [-0.25, -0.2) is 4.98 Å². The van der Waals surface area contributed by atoms with Gasteiger partial charge in [0.1, 0.15) is 5.69 Å². The van der Waals surface area contributed by atoms with Crippen LogP contribution in [0.3, 0.4) is 0 Å². The van der Waals surface area contributed by atoms with Crippen molar-refractivity contribution in [3.05, 3.63) is 16.1 Å². The molecule has 1 aromatic heterocycles. The van der Waals surface area contributed by atoms with Crippen molar-refractivity contribution in [2.75, 3.05) is 13.1 Å². The SMILES string of the molecule is O=Cc1csc(CC2CCNC2)n1. The minimum Gasteiger partial charge on any atom is -0.316 e. The molecule has 1 fully saturated rings. The summed E-state index contributed by atoms with van der Waals surface area (Å²) in [6.45, 7) is 2.21. The Kier molecular flexibility index (Phi) is 2.71. The first-order valence-electron chi connectivity index (χ1n) is 4.49. The molecule has 0 bridgehead atoms. The zero-order chi connectivity index (χ0) is 9.10. The number of thiazole rings is 1. The number of aldehydes is 1. The van der Waals surface area contributed by atoms with E-state index in [0.717, 1.165) is 30.8 Å². The van der Waals surface area contributed by atoms with Crippen molar-refractivity contribution in [3.63, 3.8) is 0 Å². The highest BCUT2D eigenvalue weighted by Gasteiger charge is 2.16. The van der Waals surface area contributed by atoms with Crippen LogP contribution < -0.4 is 5.32 Å². The van der Waals surface area contributed by atoms with Crippen molar-refractivity contribution in [1.82, 2.24) is 10.3 Å². The van der Waals surface area contributed by atoms with Gasteiger partial charge in [0.15, 0.2) is 6.29 Å². The molecular weight excluding hydrogens is 184 g/mol. The molecule has 0 amide bonds. The smallest absolute Gasteiger partial charge is 0.169 e. The van der Waals surface area contributed by atoms with Gasteiger partial charge in [0.2, 0.25) is 0 Å². The van der Waals surface area contributed by atoms with Crippen LogP contribution in [0.25, 0.3) is 0 Å². The van der Waals surface area contributed by atoms with E-state index in [4.69, 9.17) is 0 Å². The molecule has 1 N–H and O–H groups in total. The predicted molar refractivity (Wildman–Crippen MR) is 52.2 cm³/mol. The van der Waals surface area contributed by atoms with Gasteiger partial charge in [-0.15, -0.1) is 11.3 Å². The summed E-state index contributed by atoms with van der Waals surface area (Å²) < 4.78 is 0. The number of hydrogen-bond acceptors (Lipinski definition) is 4. The highest BCUT2D eigenvalue weighted by Crippen LogP contribution is 2.17. The fraction of sp³-hybridized carbons (Fsp3) is 0.556. The topological polar surface area (TPSA) is 42.0 Å². The summed E-state index contributed by atoms with van der Waals surface area (Å²) in [5.41, 5.74) is 0.575. The van der Waals surface area contributed by atoms with Gasteiger partial charge in [-0.1, -0.05) is 0 Å². The summed E-state index contributed by atoms with van der Waals surface area (Å²) in [7, 11) is 0. The van der Waals surface area contributed by atoms with Gasteiger partial charge in [0, 0.05) is 11.8 Å². The van der Waals surface area contributed by atoms with Crippen molar-refractivity contribution < 1.29 is 4.79 Å². The molecule has 1 unspecified atom stereocenters. The van der Waals surface area contributed by atoms with E-state index in [1.165, 1.54) is 6.42 Å². The number of carbonyl (C=O) groups excluding carboxylic acids is 1. The van der Waals surface area contributed by atoms with Gasteiger partial charge in [0.05, 0.1) is 5.01 Å². The minimum absolute atomic E-state index is 0.575. The van der Waals surface area contributed by atoms with Gasteiger partial charge in [-0.3, -0.25) is 4.79 Å². The summed E-state index contributed by atoms with van der Waals surface area (Å²) in [4.78, 5) is 14.6. The molecule has 1 atom stereocenters. The van der Waals surface area contributed by atoms with Crippen molar-refractivity contribution >= 4 is 17.6 Å². The molecule has 1 aliphatic rings. The lowest BCUT2D eigenvalue weighted by Gasteiger charge is -2.03. The Morgan fingerprint density at radius 1 is 1.77 bits per heavy atom. The molecule has 1 aliphatic heterocycles. The van der Waals surface area contributed by atoms with E-state index in [1.807, 2.05) is 5.38 Å². The van der Waals surface area contributed by atoms with Crippen LogP contribution in [0.2, 0.25) is 0 Å². The fourth-order valence-electron chi connectivity index (χ4n) is 1.61. The highest BCUT2D eigenvalue weighted by molar-refractivity contribution is 7.09. The third-order valence-electron chi connectivity index (χ3n) is 2.32. The zero-order valence-corrected chi connectivity index (χ0v) is 8.14. The third-order valence-corrected chi connectivity index (χ3v) is 3.21. The van der Waals surface area contributed by atoms with Crippen LogP contribution in [0.15, 0.2) is 5.38 Å². The predicted octanol–water partition coefficient (Wildman–Crippen LogP) is 1.11. The van der Waals surface area contributed by atoms with Crippen LogP contribution in [0.1, 0.15) is 21.9 Å². The van der Waals surface area contributed by atoms with E-state index in [9.17, 15) is 4.79 Å². The second kappa shape index (κ2) is 3.98. The number of hydrogen-bond donors (Lipinski definition) is 1. The molecule has 2 rings (SSSR count). The fourth-order valence-corrected chi connectivity index (χ4v) is 2.46. The van der Waals surface area contributed by atoms with Crippen molar-refractivity contribution in [3.8, 4) is 0 Å². The maximum absolute atomic E-state index is 10.4. The molecule has 1 aromatic rings. The summed E-state index contributed by atoms with van der Waals surface area (Å²) in [5.74, 6) is 0.714. The molecule has 13 heavy (non-hydrogen) atoms. The standard InChI is InChI=1S/C9H12N2OS/c12-5-8-6-13-9(11-8)3-7-1-2-10-4-7/h5-7,10H,1-4H2. The third kappa shape index (κ3) is 2.14. The lowest BCUT2D eigenvalue weighted by Crippen LogP contribution is -2.10.